The summed E-state index contributed by atoms with van der Waals surface area (Å²) in [5, 5.41) is 8.39. The van der Waals surface area contributed by atoms with Crippen molar-refractivity contribution in [2.24, 2.45) is 15.9 Å². The monoisotopic (exact) mass is 486 g/mol. The van der Waals surface area contributed by atoms with Crippen LogP contribution in [0.2, 0.25) is 0 Å². The van der Waals surface area contributed by atoms with Crippen molar-refractivity contribution in [3.8, 4) is 0 Å². The van der Waals surface area contributed by atoms with Gasteiger partial charge in [-0.15, -0.1) is 24.0 Å². The molecular weight excluding hydrogens is 463 g/mol. The fourth-order valence-electron chi connectivity index (χ4n) is 3.16. The van der Waals surface area contributed by atoms with E-state index in [4.69, 9.17) is 10.9 Å². The zero-order valence-electron chi connectivity index (χ0n) is 14.3. The molecule has 0 fully saturated rings. The van der Waals surface area contributed by atoms with Gasteiger partial charge in [-0.25, -0.2) is 18.5 Å². The normalized spacial score (nSPS) is 14.3. The van der Waals surface area contributed by atoms with Crippen LogP contribution >= 0.6 is 24.0 Å². The Kier molecular flexibility index (Phi) is 7.01. The third kappa shape index (κ3) is 4.95. The van der Waals surface area contributed by atoms with E-state index in [1.807, 2.05) is 12.1 Å². The van der Waals surface area contributed by atoms with Crippen LogP contribution in [0.5, 0.6) is 0 Å². The van der Waals surface area contributed by atoms with Crippen LogP contribution in [0.3, 0.4) is 0 Å². The van der Waals surface area contributed by atoms with Crippen molar-refractivity contribution in [2.75, 3.05) is 5.32 Å². The van der Waals surface area contributed by atoms with Crippen molar-refractivity contribution in [3.63, 3.8) is 0 Å². The number of nitrogens with one attached hydrogen (secondary N) is 1. The lowest BCUT2D eigenvalue weighted by Crippen LogP contribution is -2.24. The number of aliphatic imine (C=N–C) groups is 1. The minimum absolute atomic E-state index is 0. The number of halogens is 1. The van der Waals surface area contributed by atoms with Crippen LogP contribution in [0.1, 0.15) is 29.5 Å². The molecule has 5 N–H and O–H groups in total. The molecule has 0 spiro atoms. The molecule has 0 radical (unpaired) electrons. The van der Waals surface area contributed by atoms with Gasteiger partial charge in [-0.2, -0.15) is 0 Å². The minimum atomic E-state index is -3.78. The molecular formula is C18H23IN4O2S. The Morgan fingerprint density at radius 2 is 1.81 bits per heavy atom. The topological polar surface area (TPSA) is 111 Å². The zero-order valence-corrected chi connectivity index (χ0v) is 17.5. The second-order valence-corrected chi connectivity index (χ2v) is 7.66. The van der Waals surface area contributed by atoms with Gasteiger partial charge in [0.05, 0.1) is 11.4 Å². The SMILES string of the molecule is I.NC(=NCc1ccccc1S(N)(=O)=O)Nc1cccc2c1CCCC2. The van der Waals surface area contributed by atoms with Crippen LogP contribution in [0.25, 0.3) is 0 Å². The molecule has 6 nitrogen and oxygen atoms in total. The maximum Gasteiger partial charge on any atom is 0.238 e. The van der Waals surface area contributed by atoms with Crippen molar-refractivity contribution in [2.45, 2.75) is 37.1 Å². The van der Waals surface area contributed by atoms with Crippen molar-refractivity contribution in [3.05, 3.63) is 59.2 Å². The van der Waals surface area contributed by atoms with Crippen LogP contribution in [0.15, 0.2) is 52.4 Å². The molecule has 8 heteroatoms. The first-order chi connectivity index (χ1) is 11.9. The molecule has 0 atom stereocenters. The van der Waals surface area contributed by atoms with Crippen LogP contribution in [-0.2, 0) is 29.4 Å². The van der Waals surface area contributed by atoms with E-state index in [9.17, 15) is 8.42 Å². The Morgan fingerprint density at radius 1 is 1.08 bits per heavy atom. The Balaban J connectivity index is 0.00000243. The molecule has 1 aliphatic rings. The Bertz CT molecular complexity index is 913. The number of nitrogens with zero attached hydrogens (tertiary/aromatic N) is 1. The highest BCUT2D eigenvalue weighted by atomic mass is 127. The van der Waals surface area contributed by atoms with Gasteiger partial charge in [0.15, 0.2) is 5.96 Å². The number of nitrogens with two attached hydrogens (primary N) is 2. The average Bonchev–Trinajstić information content (AvgIpc) is 2.60. The summed E-state index contributed by atoms with van der Waals surface area (Å²) in [5.41, 5.74) is 10.1. The van der Waals surface area contributed by atoms with E-state index < -0.39 is 10.0 Å². The number of benzene rings is 2. The number of rotatable bonds is 4. The summed E-state index contributed by atoms with van der Waals surface area (Å²) in [6.45, 7) is 0.139. The molecule has 2 aromatic rings. The molecule has 0 amide bonds. The predicted octanol–water partition coefficient (Wildman–Crippen LogP) is 2.76. The first kappa shape index (κ1) is 20.7. The first-order valence-corrected chi connectivity index (χ1v) is 9.78. The number of hydrogen-bond acceptors (Lipinski definition) is 3. The van der Waals surface area contributed by atoms with E-state index in [0.717, 1.165) is 18.5 Å². The zero-order chi connectivity index (χ0) is 17.9. The van der Waals surface area contributed by atoms with E-state index >= 15 is 0 Å². The number of aryl methyl sites for hydroxylation is 1. The number of primary sulfonamides is 1. The Labute approximate surface area is 171 Å². The number of anilines is 1. The largest absolute Gasteiger partial charge is 0.370 e. The lowest BCUT2D eigenvalue weighted by Gasteiger charge is -2.19. The van der Waals surface area contributed by atoms with Crippen molar-refractivity contribution >= 4 is 45.6 Å². The van der Waals surface area contributed by atoms with E-state index in [2.05, 4.69) is 16.4 Å². The summed E-state index contributed by atoms with van der Waals surface area (Å²) in [6.07, 6.45) is 4.50. The highest BCUT2D eigenvalue weighted by molar-refractivity contribution is 14.0. The third-order valence-corrected chi connectivity index (χ3v) is 5.37. The standard InChI is InChI=1S/C18H22N4O2S.HI/c19-18(21-12-14-7-2-4-11-17(14)25(20,23)24)22-16-10-5-8-13-6-1-3-9-15(13)16;/h2,4-5,7-8,10-11H,1,3,6,9,12H2,(H3,19,21,22)(H2,20,23,24);1H. The van der Waals surface area contributed by atoms with Crippen LogP contribution in [0.4, 0.5) is 5.69 Å². The summed E-state index contributed by atoms with van der Waals surface area (Å²) >= 11 is 0. The lowest BCUT2D eigenvalue weighted by atomic mass is 9.90. The Hall–Kier alpha value is -1.65. The molecule has 2 aromatic carbocycles. The van der Waals surface area contributed by atoms with Crippen LogP contribution in [0, 0.1) is 0 Å². The molecule has 0 aliphatic heterocycles. The van der Waals surface area contributed by atoms with Gasteiger partial charge in [0.25, 0.3) is 0 Å². The molecule has 0 bridgehead atoms. The summed E-state index contributed by atoms with van der Waals surface area (Å²) in [7, 11) is -3.78. The van der Waals surface area contributed by atoms with Gasteiger partial charge >= 0.3 is 0 Å². The summed E-state index contributed by atoms with van der Waals surface area (Å²) in [6, 6.07) is 12.7. The summed E-state index contributed by atoms with van der Waals surface area (Å²) in [4.78, 5) is 4.35. The molecule has 0 saturated heterocycles. The molecule has 1 aliphatic carbocycles. The fraction of sp³-hybridized carbons (Fsp3) is 0.278. The van der Waals surface area contributed by atoms with Gasteiger partial charge in [-0.1, -0.05) is 30.3 Å². The fourth-order valence-corrected chi connectivity index (χ4v) is 3.92. The number of hydrogen-bond donors (Lipinski definition) is 3. The lowest BCUT2D eigenvalue weighted by molar-refractivity contribution is 0.596. The Morgan fingerprint density at radius 3 is 2.58 bits per heavy atom. The van der Waals surface area contributed by atoms with Gasteiger partial charge in [0.1, 0.15) is 0 Å². The average molecular weight is 486 g/mol. The van der Waals surface area contributed by atoms with E-state index in [-0.39, 0.29) is 41.4 Å². The summed E-state index contributed by atoms with van der Waals surface area (Å²) < 4.78 is 23.3. The second kappa shape index (κ2) is 8.83. The smallest absolute Gasteiger partial charge is 0.238 e. The highest BCUT2D eigenvalue weighted by Gasteiger charge is 2.14. The second-order valence-electron chi connectivity index (χ2n) is 6.13. The van der Waals surface area contributed by atoms with Crippen molar-refractivity contribution in [1.82, 2.24) is 0 Å². The van der Waals surface area contributed by atoms with Gasteiger partial charge in [-0.3, -0.25) is 0 Å². The molecule has 0 unspecified atom stereocenters. The predicted molar refractivity (Wildman–Crippen MR) is 115 cm³/mol. The third-order valence-electron chi connectivity index (χ3n) is 4.36. The van der Waals surface area contributed by atoms with Gasteiger partial charge in [0.2, 0.25) is 10.0 Å². The van der Waals surface area contributed by atoms with Crippen molar-refractivity contribution < 1.29 is 8.42 Å². The van der Waals surface area contributed by atoms with Crippen molar-refractivity contribution in [1.29, 1.82) is 0 Å². The molecule has 0 aromatic heterocycles. The molecule has 26 heavy (non-hydrogen) atoms. The minimum Gasteiger partial charge on any atom is -0.370 e. The van der Waals surface area contributed by atoms with Gasteiger partial charge < -0.3 is 11.1 Å². The first-order valence-electron chi connectivity index (χ1n) is 8.23. The molecule has 140 valence electrons. The van der Waals surface area contributed by atoms with E-state index in [1.165, 1.54) is 30.0 Å². The number of fused-ring (bicyclic) bond motifs is 1. The number of guanidine groups is 1. The van der Waals surface area contributed by atoms with E-state index in [0.29, 0.717) is 5.56 Å². The highest BCUT2D eigenvalue weighted by Crippen LogP contribution is 2.27. The molecule has 3 rings (SSSR count). The number of sulfonamides is 1. The van der Waals surface area contributed by atoms with E-state index in [1.54, 1.807) is 18.2 Å². The molecule has 0 saturated carbocycles. The molecule has 0 heterocycles. The quantitative estimate of drug-likeness (QED) is 0.351. The van der Waals surface area contributed by atoms with Gasteiger partial charge in [0, 0.05) is 5.69 Å². The maximum absolute atomic E-state index is 11.6. The van der Waals surface area contributed by atoms with Crippen LogP contribution < -0.4 is 16.2 Å². The maximum atomic E-state index is 11.6. The summed E-state index contributed by atoms with van der Waals surface area (Å²) in [5.74, 6) is 0.253. The van der Waals surface area contributed by atoms with Gasteiger partial charge in [-0.05, 0) is 54.5 Å². The van der Waals surface area contributed by atoms with Crippen LogP contribution in [-0.4, -0.2) is 14.4 Å².